The first-order chi connectivity index (χ1) is 10.9. The van der Waals surface area contributed by atoms with E-state index in [1.807, 2.05) is 13.8 Å². The molecular weight excluding hydrogens is 300 g/mol. The first kappa shape index (κ1) is 16.7. The van der Waals surface area contributed by atoms with Crippen molar-refractivity contribution in [3.05, 3.63) is 28.0 Å². The van der Waals surface area contributed by atoms with Crippen LogP contribution in [0.4, 0.5) is 0 Å². The normalized spacial score (nSPS) is 10.8. The van der Waals surface area contributed by atoms with Crippen LogP contribution in [0.3, 0.4) is 0 Å². The third-order valence-corrected chi connectivity index (χ3v) is 3.39. The molecule has 1 amide bonds. The Balaban J connectivity index is 2.60. The number of hydrogen-bond donors (Lipinski definition) is 3. The molecule has 124 valence electrons. The zero-order chi connectivity index (χ0) is 17.1. The summed E-state index contributed by atoms with van der Waals surface area (Å²) < 4.78 is 10.3. The van der Waals surface area contributed by atoms with Crippen molar-refractivity contribution in [2.45, 2.75) is 13.8 Å². The monoisotopic (exact) mass is 320 g/mol. The van der Waals surface area contributed by atoms with Crippen LogP contribution >= 0.6 is 0 Å². The summed E-state index contributed by atoms with van der Waals surface area (Å²) in [6.07, 6.45) is 0. The van der Waals surface area contributed by atoms with Gasteiger partial charge in [0.15, 0.2) is 11.5 Å². The highest BCUT2D eigenvalue weighted by Crippen LogP contribution is 2.35. The van der Waals surface area contributed by atoms with Crippen molar-refractivity contribution in [1.29, 1.82) is 0 Å². The van der Waals surface area contributed by atoms with Crippen LogP contribution < -0.4 is 20.3 Å². The topological polar surface area (TPSA) is 101 Å². The lowest BCUT2D eigenvalue weighted by Gasteiger charge is -2.12. The molecule has 0 unspecified atom stereocenters. The fourth-order valence-electron chi connectivity index (χ4n) is 2.20. The third kappa shape index (κ3) is 3.23. The van der Waals surface area contributed by atoms with Crippen LogP contribution in [0.2, 0.25) is 0 Å². The zero-order valence-electron chi connectivity index (χ0n) is 13.5. The van der Waals surface area contributed by atoms with Gasteiger partial charge in [-0.25, -0.2) is 0 Å². The van der Waals surface area contributed by atoms with Crippen LogP contribution in [-0.4, -0.2) is 36.8 Å². The zero-order valence-corrected chi connectivity index (χ0v) is 13.5. The van der Waals surface area contributed by atoms with Crippen molar-refractivity contribution in [1.82, 2.24) is 10.3 Å². The van der Waals surface area contributed by atoms with E-state index in [0.717, 1.165) is 0 Å². The van der Waals surface area contributed by atoms with Crippen LogP contribution in [0, 0.1) is 5.92 Å². The largest absolute Gasteiger partial charge is 0.506 e. The molecule has 0 saturated heterocycles. The van der Waals surface area contributed by atoms with Gasteiger partial charge >= 0.3 is 0 Å². The van der Waals surface area contributed by atoms with Crippen molar-refractivity contribution in [2.75, 3.05) is 20.8 Å². The maximum absolute atomic E-state index is 12.2. The van der Waals surface area contributed by atoms with E-state index in [0.29, 0.717) is 28.9 Å². The molecule has 2 aromatic rings. The lowest BCUT2D eigenvalue weighted by Crippen LogP contribution is -2.32. The van der Waals surface area contributed by atoms with Crippen molar-refractivity contribution in [3.8, 4) is 17.2 Å². The Kier molecular flexibility index (Phi) is 4.78. The van der Waals surface area contributed by atoms with Crippen LogP contribution in [0.15, 0.2) is 16.9 Å². The molecule has 3 N–H and O–H groups in total. The number of ether oxygens (including phenoxy) is 2. The summed E-state index contributed by atoms with van der Waals surface area (Å²) in [7, 11) is 2.93. The van der Waals surface area contributed by atoms with Gasteiger partial charge in [0.1, 0.15) is 11.3 Å². The van der Waals surface area contributed by atoms with Crippen molar-refractivity contribution in [2.24, 2.45) is 5.92 Å². The van der Waals surface area contributed by atoms with Crippen molar-refractivity contribution < 1.29 is 19.4 Å². The second kappa shape index (κ2) is 6.60. The summed E-state index contributed by atoms with van der Waals surface area (Å²) in [4.78, 5) is 26.9. The minimum Gasteiger partial charge on any atom is -0.506 e. The molecule has 2 rings (SSSR count). The first-order valence-electron chi connectivity index (χ1n) is 7.18. The van der Waals surface area contributed by atoms with Crippen LogP contribution in [0.1, 0.15) is 24.2 Å². The Hall–Kier alpha value is -2.70. The van der Waals surface area contributed by atoms with Crippen LogP contribution in [0.5, 0.6) is 17.2 Å². The molecule has 0 atom stereocenters. The fraction of sp³-hybridized carbons (Fsp3) is 0.375. The summed E-state index contributed by atoms with van der Waals surface area (Å²) in [6.45, 7) is 4.27. The minimum atomic E-state index is -0.663. The van der Waals surface area contributed by atoms with Gasteiger partial charge in [-0.3, -0.25) is 9.59 Å². The molecule has 0 saturated carbocycles. The van der Waals surface area contributed by atoms with E-state index in [1.54, 1.807) is 0 Å². The SMILES string of the molecule is COc1cc2[nH]c(=O)c(C(=O)NCC(C)C)c(O)c2cc1OC. The molecule has 0 aliphatic heterocycles. The average Bonchev–Trinajstić information content (AvgIpc) is 2.51. The number of aromatic nitrogens is 1. The molecule has 23 heavy (non-hydrogen) atoms. The minimum absolute atomic E-state index is 0.227. The smallest absolute Gasteiger partial charge is 0.265 e. The summed E-state index contributed by atoms with van der Waals surface area (Å²) >= 11 is 0. The van der Waals surface area contributed by atoms with Gasteiger partial charge in [0.2, 0.25) is 0 Å². The molecule has 0 bridgehead atoms. The number of carbonyl (C=O) groups excluding carboxylic acids is 1. The molecular formula is C16H20N2O5. The van der Waals surface area contributed by atoms with Gasteiger partial charge in [-0.15, -0.1) is 0 Å². The molecule has 0 spiro atoms. The Morgan fingerprint density at radius 3 is 2.43 bits per heavy atom. The molecule has 0 aliphatic rings. The molecule has 1 aromatic carbocycles. The van der Waals surface area contributed by atoms with E-state index in [9.17, 15) is 14.7 Å². The number of fused-ring (bicyclic) bond motifs is 1. The number of amides is 1. The second-order valence-corrected chi connectivity index (χ2v) is 5.53. The predicted octanol–water partition coefficient (Wildman–Crippen LogP) is 1.64. The fourth-order valence-corrected chi connectivity index (χ4v) is 2.20. The highest BCUT2D eigenvalue weighted by Gasteiger charge is 2.20. The lowest BCUT2D eigenvalue weighted by atomic mass is 10.1. The van der Waals surface area contributed by atoms with E-state index in [4.69, 9.17) is 9.47 Å². The summed E-state index contributed by atoms with van der Waals surface area (Å²) in [6, 6.07) is 3.05. The Morgan fingerprint density at radius 1 is 1.26 bits per heavy atom. The third-order valence-electron chi connectivity index (χ3n) is 3.39. The van der Waals surface area contributed by atoms with Gasteiger partial charge < -0.3 is 24.9 Å². The van der Waals surface area contributed by atoms with E-state index in [1.165, 1.54) is 26.4 Å². The quantitative estimate of drug-likeness (QED) is 0.777. The van der Waals surface area contributed by atoms with Crippen LogP contribution in [-0.2, 0) is 0 Å². The Bertz CT molecular complexity index is 795. The number of carbonyl (C=O) groups is 1. The van der Waals surface area contributed by atoms with E-state index < -0.39 is 11.5 Å². The molecule has 1 heterocycles. The van der Waals surface area contributed by atoms with Gasteiger partial charge in [0.25, 0.3) is 11.5 Å². The molecule has 1 aromatic heterocycles. The average molecular weight is 320 g/mol. The van der Waals surface area contributed by atoms with E-state index >= 15 is 0 Å². The van der Waals surface area contributed by atoms with Crippen LogP contribution in [0.25, 0.3) is 10.9 Å². The molecule has 0 aliphatic carbocycles. The van der Waals surface area contributed by atoms with Gasteiger partial charge in [-0.2, -0.15) is 0 Å². The summed E-state index contributed by atoms with van der Waals surface area (Å²) in [5.74, 6) is 0.0213. The maximum atomic E-state index is 12.2. The van der Waals surface area contributed by atoms with Gasteiger partial charge in [0.05, 0.1) is 19.7 Å². The van der Waals surface area contributed by atoms with E-state index in [-0.39, 0.29) is 17.2 Å². The predicted molar refractivity (Wildman–Crippen MR) is 86.5 cm³/mol. The van der Waals surface area contributed by atoms with Gasteiger partial charge in [-0.05, 0) is 12.0 Å². The number of methoxy groups -OCH3 is 2. The second-order valence-electron chi connectivity index (χ2n) is 5.53. The Morgan fingerprint density at radius 2 is 1.87 bits per heavy atom. The van der Waals surface area contributed by atoms with Crippen molar-refractivity contribution >= 4 is 16.8 Å². The number of pyridine rings is 1. The van der Waals surface area contributed by atoms with Crippen molar-refractivity contribution in [3.63, 3.8) is 0 Å². The molecule has 7 nitrogen and oxygen atoms in total. The highest BCUT2D eigenvalue weighted by molar-refractivity contribution is 6.02. The highest BCUT2D eigenvalue weighted by atomic mass is 16.5. The van der Waals surface area contributed by atoms with Gasteiger partial charge in [0, 0.05) is 18.0 Å². The lowest BCUT2D eigenvalue weighted by molar-refractivity contribution is 0.0945. The van der Waals surface area contributed by atoms with Gasteiger partial charge in [-0.1, -0.05) is 13.8 Å². The number of benzene rings is 1. The summed E-state index contributed by atoms with van der Waals surface area (Å²) in [5.41, 5.74) is -0.626. The number of aromatic amines is 1. The first-order valence-corrected chi connectivity index (χ1v) is 7.18. The molecule has 7 heteroatoms. The number of H-pyrrole nitrogens is 1. The number of aromatic hydroxyl groups is 1. The van der Waals surface area contributed by atoms with E-state index in [2.05, 4.69) is 10.3 Å². The number of hydrogen-bond acceptors (Lipinski definition) is 5. The molecule has 0 radical (unpaired) electrons. The number of rotatable bonds is 5. The number of nitrogens with one attached hydrogen (secondary N) is 2. The Labute approximate surface area is 133 Å². The standard InChI is InChI=1S/C16H20N2O5/c1-8(2)7-17-15(20)13-14(19)9-5-11(22-3)12(23-4)6-10(9)18-16(13)21/h5-6,8H,7H2,1-4H3,(H,17,20)(H2,18,19,21). The molecule has 0 fully saturated rings. The summed E-state index contributed by atoms with van der Waals surface area (Å²) in [5, 5.41) is 13.3. The maximum Gasteiger partial charge on any atom is 0.265 e.